The molecule has 0 radical (unpaired) electrons. The van der Waals surface area contributed by atoms with Crippen LogP contribution in [0.1, 0.15) is 12.8 Å². The van der Waals surface area contributed by atoms with E-state index < -0.39 is 0 Å². The van der Waals surface area contributed by atoms with Crippen molar-refractivity contribution in [2.45, 2.75) is 12.8 Å². The fourth-order valence-electron chi connectivity index (χ4n) is 1.43. The van der Waals surface area contributed by atoms with Crippen LogP contribution in [0.4, 0.5) is 5.82 Å². The van der Waals surface area contributed by atoms with Gasteiger partial charge in [-0.25, -0.2) is 4.98 Å². The van der Waals surface area contributed by atoms with Crippen molar-refractivity contribution >= 4 is 27.2 Å². The van der Waals surface area contributed by atoms with Gasteiger partial charge in [0.05, 0.1) is 0 Å². The third-order valence-corrected chi connectivity index (χ3v) is 3.05. The van der Waals surface area contributed by atoms with Crippen molar-refractivity contribution in [1.82, 2.24) is 4.98 Å². The molecule has 15 heavy (non-hydrogen) atoms. The molecule has 0 amide bonds. The fourth-order valence-corrected chi connectivity index (χ4v) is 2.21. The Morgan fingerprint density at radius 3 is 3.27 bits per heavy atom. The second kappa shape index (κ2) is 4.81. The van der Waals surface area contributed by atoms with Crippen LogP contribution < -0.4 is 5.32 Å². The molecule has 76 valence electrons. The van der Waals surface area contributed by atoms with Crippen molar-refractivity contribution in [3.8, 4) is 12.3 Å². The minimum Gasteiger partial charge on any atom is -0.370 e. The van der Waals surface area contributed by atoms with Crippen LogP contribution in [0.15, 0.2) is 23.7 Å². The van der Waals surface area contributed by atoms with Crippen LogP contribution in [-0.4, -0.2) is 11.5 Å². The van der Waals surface area contributed by atoms with Crippen molar-refractivity contribution in [3.05, 3.63) is 23.7 Å². The Labute approximate surface area is 93.3 Å². The molecule has 3 heteroatoms. The molecule has 0 saturated heterocycles. The lowest BCUT2D eigenvalue weighted by Crippen LogP contribution is -2.02. The van der Waals surface area contributed by atoms with Gasteiger partial charge < -0.3 is 5.32 Å². The summed E-state index contributed by atoms with van der Waals surface area (Å²) in [5, 5.41) is 6.59. The fraction of sp³-hybridized carbons (Fsp3) is 0.250. The average molecular weight is 216 g/mol. The Morgan fingerprint density at radius 1 is 1.47 bits per heavy atom. The van der Waals surface area contributed by atoms with Crippen molar-refractivity contribution in [2.24, 2.45) is 0 Å². The topological polar surface area (TPSA) is 24.9 Å². The zero-order valence-corrected chi connectivity index (χ0v) is 9.18. The van der Waals surface area contributed by atoms with E-state index in [0.29, 0.717) is 0 Å². The standard InChI is InChI=1S/C12H12N2S/c1-2-3-4-7-13-12-10-6-9-15-11(10)5-8-14-12/h1,5-6,8-9H,3-4,7H2,(H,13,14). The van der Waals surface area contributed by atoms with E-state index in [1.54, 1.807) is 11.3 Å². The highest BCUT2D eigenvalue weighted by Gasteiger charge is 2.01. The molecule has 0 spiro atoms. The zero-order chi connectivity index (χ0) is 10.5. The molecule has 0 bridgehead atoms. The SMILES string of the molecule is C#CCCCNc1nccc2sccc12. The van der Waals surface area contributed by atoms with E-state index in [2.05, 4.69) is 27.7 Å². The van der Waals surface area contributed by atoms with E-state index in [1.807, 2.05) is 12.3 Å². The molecule has 1 N–H and O–H groups in total. The summed E-state index contributed by atoms with van der Waals surface area (Å²) >= 11 is 1.73. The van der Waals surface area contributed by atoms with Gasteiger partial charge in [0.2, 0.25) is 0 Å². The number of nitrogens with one attached hydrogen (secondary N) is 1. The van der Waals surface area contributed by atoms with Gasteiger partial charge in [-0.3, -0.25) is 0 Å². The monoisotopic (exact) mass is 216 g/mol. The largest absolute Gasteiger partial charge is 0.370 e. The smallest absolute Gasteiger partial charge is 0.134 e. The molecule has 0 atom stereocenters. The van der Waals surface area contributed by atoms with E-state index in [0.717, 1.165) is 25.2 Å². The minimum absolute atomic E-state index is 0.812. The second-order valence-electron chi connectivity index (χ2n) is 3.23. The summed E-state index contributed by atoms with van der Waals surface area (Å²) in [6, 6.07) is 4.13. The predicted molar refractivity (Wildman–Crippen MR) is 66.2 cm³/mol. The molecule has 0 aliphatic heterocycles. The molecule has 2 rings (SSSR count). The van der Waals surface area contributed by atoms with Gasteiger partial charge in [0, 0.05) is 29.2 Å². The average Bonchev–Trinajstić information content (AvgIpc) is 2.73. The number of aromatic nitrogens is 1. The quantitative estimate of drug-likeness (QED) is 0.627. The van der Waals surface area contributed by atoms with Crippen LogP contribution >= 0.6 is 11.3 Å². The van der Waals surface area contributed by atoms with Crippen molar-refractivity contribution in [2.75, 3.05) is 11.9 Å². The number of hydrogen-bond donors (Lipinski definition) is 1. The van der Waals surface area contributed by atoms with E-state index in [-0.39, 0.29) is 0 Å². The van der Waals surface area contributed by atoms with Gasteiger partial charge in [-0.2, -0.15) is 0 Å². The summed E-state index contributed by atoms with van der Waals surface area (Å²) in [7, 11) is 0. The Morgan fingerprint density at radius 2 is 2.40 bits per heavy atom. The molecule has 0 aromatic carbocycles. The molecule has 0 aliphatic rings. The summed E-state index contributed by atoms with van der Waals surface area (Å²) in [5.74, 6) is 3.59. The van der Waals surface area contributed by atoms with Crippen molar-refractivity contribution < 1.29 is 0 Å². The highest BCUT2D eigenvalue weighted by atomic mass is 32.1. The highest BCUT2D eigenvalue weighted by Crippen LogP contribution is 2.25. The number of rotatable bonds is 4. The van der Waals surface area contributed by atoms with Crippen LogP contribution in [0.5, 0.6) is 0 Å². The lowest BCUT2D eigenvalue weighted by Gasteiger charge is -2.04. The second-order valence-corrected chi connectivity index (χ2v) is 4.17. The molecule has 0 aliphatic carbocycles. The Hall–Kier alpha value is -1.53. The van der Waals surface area contributed by atoms with Gasteiger partial charge in [0.25, 0.3) is 0 Å². The minimum atomic E-state index is 0.812. The molecule has 2 aromatic heterocycles. The summed E-state index contributed by atoms with van der Waals surface area (Å²) in [5.41, 5.74) is 0. The number of hydrogen-bond acceptors (Lipinski definition) is 3. The lowest BCUT2D eigenvalue weighted by molar-refractivity contribution is 0.903. The van der Waals surface area contributed by atoms with Gasteiger partial charge in [-0.05, 0) is 23.9 Å². The van der Waals surface area contributed by atoms with Crippen LogP contribution in [0.3, 0.4) is 0 Å². The molecule has 0 unspecified atom stereocenters. The third-order valence-electron chi connectivity index (χ3n) is 2.17. The molecule has 2 aromatic rings. The van der Waals surface area contributed by atoms with E-state index >= 15 is 0 Å². The normalized spacial score (nSPS) is 10.1. The number of pyridine rings is 1. The van der Waals surface area contributed by atoms with E-state index in [1.165, 1.54) is 10.1 Å². The Bertz CT molecular complexity index is 482. The number of fused-ring (bicyclic) bond motifs is 1. The Kier molecular flexibility index (Phi) is 3.21. The summed E-state index contributed by atoms with van der Waals surface area (Å²) < 4.78 is 1.27. The highest BCUT2D eigenvalue weighted by molar-refractivity contribution is 7.17. The van der Waals surface area contributed by atoms with Gasteiger partial charge in [-0.15, -0.1) is 23.7 Å². The van der Waals surface area contributed by atoms with Crippen molar-refractivity contribution in [3.63, 3.8) is 0 Å². The predicted octanol–water partition coefficient (Wildman–Crippen LogP) is 3.12. The number of terminal acetylenes is 1. The maximum Gasteiger partial charge on any atom is 0.134 e. The third kappa shape index (κ3) is 2.28. The van der Waals surface area contributed by atoms with Gasteiger partial charge in [0.15, 0.2) is 0 Å². The molecular formula is C12H12N2S. The first-order valence-electron chi connectivity index (χ1n) is 4.91. The van der Waals surface area contributed by atoms with Gasteiger partial charge >= 0.3 is 0 Å². The van der Waals surface area contributed by atoms with Gasteiger partial charge in [0.1, 0.15) is 5.82 Å². The first-order chi connectivity index (χ1) is 7.42. The molecule has 2 heterocycles. The van der Waals surface area contributed by atoms with Crippen LogP contribution in [0.25, 0.3) is 10.1 Å². The molecule has 2 nitrogen and oxygen atoms in total. The Balaban J connectivity index is 2.08. The molecular weight excluding hydrogens is 204 g/mol. The number of nitrogens with zero attached hydrogens (tertiary/aromatic N) is 1. The van der Waals surface area contributed by atoms with Crippen molar-refractivity contribution in [1.29, 1.82) is 0 Å². The van der Waals surface area contributed by atoms with Crippen LogP contribution in [0, 0.1) is 12.3 Å². The van der Waals surface area contributed by atoms with Crippen LogP contribution in [0.2, 0.25) is 0 Å². The maximum absolute atomic E-state index is 5.19. The van der Waals surface area contributed by atoms with E-state index in [4.69, 9.17) is 6.42 Å². The lowest BCUT2D eigenvalue weighted by atomic mass is 10.3. The van der Waals surface area contributed by atoms with Gasteiger partial charge in [-0.1, -0.05) is 0 Å². The zero-order valence-electron chi connectivity index (χ0n) is 8.36. The number of unbranched alkanes of at least 4 members (excludes halogenated alkanes) is 1. The van der Waals surface area contributed by atoms with Crippen LogP contribution in [-0.2, 0) is 0 Å². The molecule has 0 saturated carbocycles. The first kappa shape index (κ1) is 10.0. The number of thiophene rings is 1. The summed E-state index contributed by atoms with van der Waals surface area (Å²) in [4.78, 5) is 4.32. The molecule has 0 fully saturated rings. The summed E-state index contributed by atoms with van der Waals surface area (Å²) in [6.07, 6.45) is 8.82. The first-order valence-corrected chi connectivity index (χ1v) is 5.79. The maximum atomic E-state index is 5.19. The van der Waals surface area contributed by atoms with E-state index in [9.17, 15) is 0 Å². The summed E-state index contributed by atoms with van der Waals surface area (Å²) in [6.45, 7) is 0.881. The number of anilines is 1.